The van der Waals surface area contributed by atoms with Crippen molar-refractivity contribution in [2.75, 3.05) is 5.75 Å². The van der Waals surface area contributed by atoms with Gasteiger partial charge in [0.25, 0.3) is 0 Å². The Balaban J connectivity index is 2.45. The number of aromatic nitrogens is 1. The predicted molar refractivity (Wildman–Crippen MR) is 98.9 cm³/mol. The SMILES string of the molecule is CCCc1ccc(C(O)(CSI)c2ccccn2)cc1C. The molecular weight excluding hydrogens is 393 g/mol. The zero-order valence-corrected chi connectivity index (χ0v) is 15.3. The maximum absolute atomic E-state index is 11.2. The van der Waals surface area contributed by atoms with Crippen molar-refractivity contribution < 1.29 is 5.11 Å². The van der Waals surface area contributed by atoms with E-state index in [1.165, 1.54) is 11.1 Å². The number of aliphatic hydroxyl groups is 1. The molecule has 4 heteroatoms. The summed E-state index contributed by atoms with van der Waals surface area (Å²) >= 11 is 2.22. The van der Waals surface area contributed by atoms with E-state index in [2.05, 4.69) is 52.2 Å². The molecule has 1 aromatic carbocycles. The third kappa shape index (κ3) is 3.79. The van der Waals surface area contributed by atoms with Crippen LogP contribution in [0.2, 0.25) is 0 Å². The smallest absolute Gasteiger partial charge is 0.141 e. The van der Waals surface area contributed by atoms with Crippen LogP contribution in [0.3, 0.4) is 0 Å². The van der Waals surface area contributed by atoms with Crippen LogP contribution in [0.1, 0.15) is 35.7 Å². The first-order valence-corrected chi connectivity index (χ1v) is 10.6. The average Bonchev–Trinajstić information content (AvgIpc) is 2.50. The van der Waals surface area contributed by atoms with Crippen LogP contribution < -0.4 is 0 Å². The third-order valence-corrected chi connectivity index (χ3v) is 5.15. The summed E-state index contributed by atoms with van der Waals surface area (Å²) in [7, 11) is 1.60. The molecule has 1 aromatic heterocycles. The standard InChI is InChI=1S/C17H20INOS/c1-3-6-14-8-9-15(11-13(14)2)17(20,12-21-18)16-7-4-5-10-19-16/h4-5,7-11,20H,3,6,12H2,1-2H3. The summed E-state index contributed by atoms with van der Waals surface area (Å²) in [5.74, 6) is 0.580. The van der Waals surface area contributed by atoms with Gasteiger partial charge in [-0.2, -0.15) is 0 Å². The van der Waals surface area contributed by atoms with Crippen molar-refractivity contribution in [3.63, 3.8) is 0 Å². The fourth-order valence-electron chi connectivity index (χ4n) is 2.49. The number of pyridine rings is 1. The summed E-state index contributed by atoms with van der Waals surface area (Å²) in [6.07, 6.45) is 3.94. The van der Waals surface area contributed by atoms with Crippen molar-refractivity contribution in [3.05, 3.63) is 65.0 Å². The monoisotopic (exact) mass is 413 g/mol. The molecule has 0 amide bonds. The Kier molecular flexibility index (Phi) is 6.08. The van der Waals surface area contributed by atoms with Gasteiger partial charge in [0, 0.05) is 11.9 Å². The lowest BCUT2D eigenvalue weighted by atomic mass is 9.89. The van der Waals surface area contributed by atoms with E-state index >= 15 is 0 Å². The zero-order valence-electron chi connectivity index (χ0n) is 12.3. The van der Waals surface area contributed by atoms with Crippen LogP contribution in [0.15, 0.2) is 42.6 Å². The Hall–Kier alpha value is -0.590. The van der Waals surface area contributed by atoms with Crippen LogP contribution in [-0.2, 0) is 12.0 Å². The molecule has 0 saturated heterocycles. The molecule has 0 aliphatic rings. The summed E-state index contributed by atoms with van der Waals surface area (Å²) < 4.78 is 0. The Labute approximate surface area is 143 Å². The number of aryl methyl sites for hydroxylation is 2. The molecule has 2 rings (SSSR count). The molecule has 0 radical (unpaired) electrons. The summed E-state index contributed by atoms with van der Waals surface area (Å²) in [5, 5.41) is 11.2. The van der Waals surface area contributed by atoms with Gasteiger partial charge in [0.15, 0.2) is 0 Å². The van der Waals surface area contributed by atoms with Crippen LogP contribution in [0.4, 0.5) is 0 Å². The second-order valence-corrected chi connectivity index (χ2v) is 7.60. The molecule has 0 saturated carbocycles. The van der Waals surface area contributed by atoms with Crippen LogP contribution in [0.25, 0.3) is 0 Å². The van der Waals surface area contributed by atoms with Crippen molar-refractivity contribution in [2.45, 2.75) is 32.3 Å². The molecule has 1 heterocycles. The van der Waals surface area contributed by atoms with Gasteiger partial charge in [0.2, 0.25) is 0 Å². The summed E-state index contributed by atoms with van der Waals surface area (Å²) in [6, 6.07) is 12.0. The van der Waals surface area contributed by atoms with E-state index in [1.807, 2.05) is 24.3 Å². The highest BCUT2D eigenvalue weighted by Gasteiger charge is 2.33. The van der Waals surface area contributed by atoms with E-state index in [-0.39, 0.29) is 0 Å². The fraction of sp³-hybridized carbons (Fsp3) is 0.353. The van der Waals surface area contributed by atoms with Crippen LogP contribution >= 0.6 is 30.1 Å². The number of halogens is 1. The van der Waals surface area contributed by atoms with Crippen molar-refractivity contribution in [1.82, 2.24) is 4.98 Å². The normalized spacial score (nSPS) is 13.9. The molecule has 1 N–H and O–H groups in total. The molecule has 2 aromatic rings. The van der Waals surface area contributed by atoms with Gasteiger partial charge in [0.05, 0.1) is 5.69 Å². The molecule has 0 aliphatic carbocycles. The Bertz CT molecular complexity index is 591. The first-order valence-electron chi connectivity index (χ1n) is 7.09. The lowest BCUT2D eigenvalue weighted by Gasteiger charge is -2.28. The van der Waals surface area contributed by atoms with Gasteiger partial charge in [0.1, 0.15) is 5.60 Å². The minimum Gasteiger partial charge on any atom is -0.378 e. The van der Waals surface area contributed by atoms with Gasteiger partial charge in [-0.3, -0.25) is 4.98 Å². The lowest BCUT2D eigenvalue weighted by Crippen LogP contribution is -2.31. The van der Waals surface area contributed by atoms with E-state index in [0.717, 1.165) is 18.4 Å². The first-order chi connectivity index (χ1) is 10.1. The zero-order chi connectivity index (χ0) is 15.3. The van der Waals surface area contributed by atoms with Crippen LogP contribution in [0, 0.1) is 6.92 Å². The predicted octanol–water partition coefficient (Wildman–Crippen LogP) is 4.66. The van der Waals surface area contributed by atoms with Crippen LogP contribution in [0.5, 0.6) is 0 Å². The minimum absolute atomic E-state index is 0.580. The van der Waals surface area contributed by atoms with Crippen molar-refractivity contribution in [3.8, 4) is 0 Å². The molecule has 1 unspecified atom stereocenters. The van der Waals surface area contributed by atoms with Crippen LogP contribution in [-0.4, -0.2) is 15.8 Å². The van der Waals surface area contributed by atoms with E-state index < -0.39 is 5.60 Å². The van der Waals surface area contributed by atoms with E-state index in [1.54, 1.807) is 15.1 Å². The summed E-state index contributed by atoms with van der Waals surface area (Å²) in [6.45, 7) is 4.30. The van der Waals surface area contributed by atoms with Gasteiger partial charge in [-0.15, -0.1) is 0 Å². The minimum atomic E-state index is -1.04. The average molecular weight is 413 g/mol. The highest BCUT2D eigenvalue weighted by atomic mass is 127. The Morgan fingerprint density at radius 1 is 1.29 bits per heavy atom. The van der Waals surface area contributed by atoms with Gasteiger partial charge in [-0.25, -0.2) is 0 Å². The van der Waals surface area contributed by atoms with E-state index in [4.69, 9.17) is 0 Å². The maximum atomic E-state index is 11.2. The molecule has 0 bridgehead atoms. The first kappa shape index (κ1) is 16.8. The van der Waals surface area contributed by atoms with Gasteiger partial charge < -0.3 is 5.11 Å². The number of nitrogens with zero attached hydrogens (tertiary/aromatic N) is 1. The number of benzene rings is 1. The van der Waals surface area contributed by atoms with Crippen molar-refractivity contribution in [1.29, 1.82) is 0 Å². The van der Waals surface area contributed by atoms with Gasteiger partial charge in [-0.05, 0) is 63.4 Å². The van der Waals surface area contributed by atoms with Crippen molar-refractivity contribution >= 4 is 30.1 Å². The molecule has 21 heavy (non-hydrogen) atoms. The van der Waals surface area contributed by atoms with Gasteiger partial charge in [-0.1, -0.05) is 46.5 Å². The van der Waals surface area contributed by atoms with E-state index in [0.29, 0.717) is 11.4 Å². The molecular formula is C17H20INOS. The number of hydrogen-bond acceptors (Lipinski definition) is 3. The fourth-order valence-corrected chi connectivity index (χ4v) is 4.32. The molecule has 0 fully saturated rings. The Morgan fingerprint density at radius 3 is 2.67 bits per heavy atom. The van der Waals surface area contributed by atoms with Gasteiger partial charge >= 0.3 is 0 Å². The lowest BCUT2D eigenvalue weighted by molar-refractivity contribution is 0.103. The molecule has 0 spiro atoms. The summed E-state index contributed by atoms with van der Waals surface area (Å²) in [4.78, 5) is 4.37. The number of rotatable bonds is 6. The highest BCUT2D eigenvalue weighted by Crippen LogP contribution is 2.34. The number of hydrogen-bond donors (Lipinski definition) is 1. The Morgan fingerprint density at radius 2 is 2.10 bits per heavy atom. The molecule has 2 nitrogen and oxygen atoms in total. The van der Waals surface area contributed by atoms with Crippen molar-refractivity contribution in [2.24, 2.45) is 0 Å². The maximum Gasteiger partial charge on any atom is 0.141 e. The van der Waals surface area contributed by atoms with E-state index in [9.17, 15) is 5.11 Å². The quantitative estimate of drug-likeness (QED) is 0.700. The highest BCUT2D eigenvalue weighted by molar-refractivity contribution is 14.2. The molecule has 112 valence electrons. The summed E-state index contributed by atoms with van der Waals surface area (Å²) in [5.41, 5.74) is 3.18. The second kappa shape index (κ2) is 7.61. The molecule has 0 aliphatic heterocycles. The third-order valence-electron chi connectivity index (χ3n) is 3.69. The molecule has 1 atom stereocenters. The largest absolute Gasteiger partial charge is 0.378 e. The topological polar surface area (TPSA) is 33.1 Å². The second-order valence-electron chi connectivity index (χ2n) is 5.22.